The van der Waals surface area contributed by atoms with Crippen LogP contribution in [0.25, 0.3) is 0 Å². The molecule has 24 heavy (non-hydrogen) atoms. The van der Waals surface area contributed by atoms with Crippen molar-refractivity contribution in [2.45, 2.75) is 70.2 Å². The topological polar surface area (TPSA) is 107 Å². The maximum atomic E-state index is 11.9. The van der Waals surface area contributed by atoms with Crippen LogP contribution in [0, 0.1) is 0 Å². The fraction of sp³-hybridized carbons (Fsp3) is 0.882. The molecule has 0 bridgehead atoms. The quantitative estimate of drug-likeness (QED) is 0.272. The van der Waals surface area contributed by atoms with Gasteiger partial charge in [-0.05, 0) is 19.8 Å². The van der Waals surface area contributed by atoms with Crippen LogP contribution in [0.3, 0.4) is 0 Å². The van der Waals surface area contributed by atoms with Crippen LogP contribution >= 0.6 is 0 Å². The van der Waals surface area contributed by atoms with Gasteiger partial charge in [0.25, 0.3) is 0 Å². The number of carbonyl (C=O) groups is 2. The average molecular weight is 347 g/mol. The minimum absolute atomic E-state index is 0.142. The van der Waals surface area contributed by atoms with Crippen LogP contribution in [0.2, 0.25) is 0 Å². The third-order valence-electron chi connectivity index (χ3n) is 3.51. The van der Waals surface area contributed by atoms with Gasteiger partial charge in [0.2, 0.25) is 0 Å². The fourth-order valence-electron chi connectivity index (χ4n) is 2.47. The molecular weight excluding hydrogens is 314 g/mol. The molecule has 0 spiro atoms. The summed E-state index contributed by atoms with van der Waals surface area (Å²) >= 11 is 0. The van der Waals surface area contributed by atoms with E-state index in [1.54, 1.807) is 6.92 Å². The molecule has 0 aromatic carbocycles. The van der Waals surface area contributed by atoms with Gasteiger partial charge in [0, 0.05) is 12.4 Å². The van der Waals surface area contributed by atoms with Gasteiger partial charge in [-0.3, -0.25) is 4.79 Å². The SMILES string of the molecule is CC(O)CCCCCC(O)CC(=O)OC(CC(=O)[O-])C[N+](C)(C)C. The van der Waals surface area contributed by atoms with Crippen molar-refractivity contribution in [2.75, 3.05) is 27.7 Å². The molecule has 0 aromatic rings. The van der Waals surface area contributed by atoms with E-state index in [-0.39, 0.29) is 18.9 Å². The zero-order valence-corrected chi connectivity index (χ0v) is 15.4. The first-order chi connectivity index (χ1) is 11.0. The van der Waals surface area contributed by atoms with E-state index in [0.29, 0.717) is 17.4 Å². The molecule has 0 rings (SSSR count). The standard InChI is InChI=1S/C17H33NO6/c1-13(19)8-6-5-7-9-14(20)10-17(23)24-15(11-16(21)22)12-18(2,3)4/h13-15,19-20H,5-12H2,1-4H3. The van der Waals surface area contributed by atoms with Crippen LogP contribution in [-0.2, 0) is 14.3 Å². The minimum Gasteiger partial charge on any atom is -0.550 e. The van der Waals surface area contributed by atoms with Crippen LogP contribution < -0.4 is 5.11 Å². The summed E-state index contributed by atoms with van der Waals surface area (Å²) in [7, 11) is 5.62. The van der Waals surface area contributed by atoms with Crippen molar-refractivity contribution in [3.8, 4) is 0 Å². The number of carboxylic acid groups (broad SMARTS) is 1. The van der Waals surface area contributed by atoms with E-state index in [2.05, 4.69) is 0 Å². The molecule has 3 unspecified atom stereocenters. The third kappa shape index (κ3) is 14.4. The van der Waals surface area contributed by atoms with Gasteiger partial charge in [0.15, 0.2) is 6.10 Å². The van der Waals surface area contributed by atoms with Crippen molar-refractivity contribution in [3.63, 3.8) is 0 Å². The highest BCUT2D eigenvalue weighted by Crippen LogP contribution is 2.12. The van der Waals surface area contributed by atoms with Gasteiger partial charge in [-0.2, -0.15) is 0 Å². The molecular formula is C17H33NO6. The Balaban J connectivity index is 4.15. The van der Waals surface area contributed by atoms with E-state index >= 15 is 0 Å². The fourth-order valence-corrected chi connectivity index (χ4v) is 2.47. The lowest BCUT2D eigenvalue weighted by molar-refractivity contribution is -0.873. The summed E-state index contributed by atoms with van der Waals surface area (Å²) in [6, 6.07) is 0. The molecule has 0 aromatic heterocycles. The number of carboxylic acids is 1. The number of carbonyl (C=O) groups excluding carboxylic acids is 2. The average Bonchev–Trinajstić information content (AvgIpc) is 2.34. The molecule has 0 saturated carbocycles. The van der Waals surface area contributed by atoms with Gasteiger partial charge < -0.3 is 29.3 Å². The molecule has 3 atom stereocenters. The van der Waals surface area contributed by atoms with Gasteiger partial charge in [-0.1, -0.05) is 19.3 Å². The van der Waals surface area contributed by atoms with Crippen LogP contribution in [0.4, 0.5) is 0 Å². The van der Waals surface area contributed by atoms with Gasteiger partial charge in [0.1, 0.15) is 6.54 Å². The second kappa shape index (κ2) is 11.4. The molecule has 0 fully saturated rings. The largest absolute Gasteiger partial charge is 0.550 e. The smallest absolute Gasteiger partial charge is 0.308 e. The number of quaternary nitrogens is 1. The molecule has 2 N–H and O–H groups in total. The molecule has 142 valence electrons. The number of unbranched alkanes of at least 4 members (excludes halogenated alkanes) is 2. The predicted octanol–water partition coefficient (Wildman–Crippen LogP) is -0.173. The summed E-state index contributed by atoms with van der Waals surface area (Å²) in [6.07, 6.45) is 1.38. The van der Waals surface area contributed by atoms with Crippen molar-refractivity contribution in [2.24, 2.45) is 0 Å². The van der Waals surface area contributed by atoms with Gasteiger partial charge in [0.05, 0.1) is 39.8 Å². The summed E-state index contributed by atoms with van der Waals surface area (Å²) in [6.45, 7) is 2.10. The van der Waals surface area contributed by atoms with Crippen molar-refractivity contribution >= 4 is 11.9 Å². The Morgan fingerprint density at radius 3 is 2.12 bits per heavy atom. The first kappa shape index (κ1) is 22.8. The summed E-state index contributed by atoms with van der Waals surface area (Å²) in [5, 5.41) is 29.8. The van der Waals surface area contributed by atoms with E-state index < -0.39 is 24.1 Å². The summed E-state index contributed by atoms with van der Waals surface area (Å²) < 4.78 is 5.65. The Labute approximate surface area is 144 Å². The molecule has 7 heteroatoms. The van der Waals surface area contributed by atoms with E-state index in [1.807, 2.05) is 21.1 Å². The molecule has 0 aliphatic heterocycles. The van der Waals surface area contributed by atoms with Crippen LogP contribution in [-0.4, -0.2) is 72.6 Å². The molecule has 0 saturated heterocycles. The zero-order valence-electron chi connectivity index (χ0n) is 15.4. The number of esters is 1. The summed E-state index contributed by atoms with van der Waals surface area (Å²) in [5.74, 6) is -1.86. The Kier molecular flexibility index (Phi) is 10.8. The van der Waals surface area contributed by atoms with Crippen molar-refractivity contribution in [1.82, 2.24) is 0 Å². The van der Waals surface area contributed by atoms with Gasteiger partial charge in [-0.15, -0.1) is 0 Å². The lowest BCUT2D eigenvalue weighted by Crippen LogP contribution is -2.45. The van der Waals surface area contributed by atoms with Gasteiger partial charge >= 0.3 is 5.97 Å². The molecule has 0 aliphatic carbocycles. The van der Waals surface area contributed by atoms with Gasteiger partial charge in [-0.25, -0.2) is 0 Å². The monoisotopic (exact) mass is 347 g/mol. The number of likely N-dealkylation sites (N-methyl/N-ethyl adjacent to an activating group) is 1. The van der Waals surface area contributed by atoms with E-state index in [9.17, 15) is 19.8 Å². The zero-order chi connectivity index (χ0) is 18.8. The first-order valence-corrected chi connectivity index (χ1v) is 8.55. The van der Waals surface area contributed by atoms with Crippen molar-refractivity contribution in [3.05, 3.63) is 0 Å². The Bertz CT molecular complexity index is 378. The van der Waals surface area contributed by atoms with Crippen LogP contribution in [0.15, 0.2) is 0 Å². The first-order valence-electron chi connectivity index (χ1n) is 8.55. The van der Waals surface area contributed by atoms with E-state index in [0.717, 1.165) is 25.7 Å². The number of rotatable bonds is 13. The predicted molar refractivity (Wildman–Crippen MR) is 87.8 cm³/mol. The number of ether oxygens (including phenoxy) is 1. The number of hydrogen-bond acceptors (Lipinski definition) is 6. The molecule has 0 radical (unpaired) electrons. The maximum Gasteiger partial charge on any atom is 0.308 e. The second-order valence-electron chi connectivity index (χ2n) is 7.51. The molecule has 7 nitrogen and oxygen atoms in total. The van der Waals surface area contributed by atoms with E-state index in [4.69, 9.17) is 9.84 Å². The Morgan fingerprint density at radius 1 is 1.04 bits per heavy atom. The molecule has 0 amide bonds. The number of nitrogens with zero attached hydrogens (tertiary/aromatic N) is 1. The highest BCUT2D eigenvalue weighted by atomic mass is 16.5. The van der Waals surface area contributed by atoms with Crippen LogP contribution in [0.1, 0.15) is 51.9 Å². The van der Waals surface area contributed by atoms with Crippen molar-refractivity contribution < 1.29 is 34.1 Å². The third-order valence-corrected chi connectivity index (χ3v) is 3.51. The van der Waals surface area contributed by atoms with Crippen molar-refractivity contribution in [1.29, 1.82) is 0 Å². The number of hydrogen-bond donors (Lipinski definition) is 2. The summed E-state index contributed by atoms with van der Waals surface area (Å²) in [5.41, 5.74) is 0. The highest BCUT2D eigenvalue weighted by Gasteiger charge is 2.23. The summed E-state index contributed by atoms with van der Waals surface area (Å²) in [4.78, 5) is 22.6. The maximum absolute atomic E-state index is 11.9. The second-order valence-corrected chi connectivity index (χ2v) is 7.51. The van der Waals surface area contributed by atoms with E-state index in [1.165, 1.54) is 0 Å². The number of aliphatic carboxylic acids is 1. The van der Waals surface area contributed by atoms with Crippen LogP contribution in [0.5, 0.6) is 0 Å². The number of aliphatic hydroxyl groups excluding tert-OH is 2. The normalized spacial score (nSPS) is 15.6. The molecule has 0 heterocycles. The lowest BCUT2D eigenvalue weighted by atomic mass is 10.1. The highest BCUT2D eigenvalue weighted by molar-refractivity contribution is 5.71. The lowest BCUT2D eigenvalue weighted by Gasteiger charge is -2.29. The Morgan fingerprint density at radius 2 is 1.62 bits per heavy atom. The minimum atomic E-state index is -1.26. The molecule has 0 aliphatic rings. The Hall–Kier alpha value is -1.18. The number of aliphatic hydroxyl groups is 2.